The molecule has 0 aliphatic heterocycles. The van der Waals surface area contributed by atoms with Gasteiger partial charge in [-0.05, 0) is 46.7 Å². The Balaban J connectivity index is 1.78. The van der Waals surface area contributed by atoms with Crippen molar-refractivity contribution in [2.75, 3.05) is 5.32 Å². The summed E-state index contributed by atoms with van der Waals surface area (Å²) in [5.74, 6) is -0.143. The quantitative estimate of drug-likeness (QED) is 0.641. The van der Waals surface area contributed by atoms with Gasteiger partial charge in [-0.2, -0.15) is 0 Å². The molecule has 2 nitrogen and oxygen atoms in total. The first-order chi connectivity index (χ1) is 10.7. The van der Waals surface area contributed by atoms with Crippen LogP contribution >= 0.6 is 15.9 Å². The first kappa shape index (κ1) is 14.5. The van der Waals surface area contributed by atoms with Gasteiger partial charge in [-0.1, -0.05) is 58.4 Å². The average Bonchev–Trinajstić information content (AvgIpc) is 2.55. The number of anilines is 1. The number of carbonyl (C=O) groups is 1. The monoisotopic (exact) mass is 351 g/mol. The van der Waals surface area contributed by atoms with Gasteiger partial charge in [0.1, 0.15) is 0 Å². The Morgan fingerprint density at radius 1 is 0.909 bits per heavy atom. The molecule has 0 spiro atoms. The van der Waals surface area contributed by atoms with Crippen molar-refractivity contribution in [3.05, 3.63) is 82.8 Å². The molecular formula is C19H14BrNO. The highest BCUT2D eigenvalue weighted by Crippen LogP contribution is 2.19. The number of halogens is 1. The molecule has 0 aromatic heterocycles. The zero-order chi connectivity index (χ0) is 15.4. The molecule has 22 heavy (non-hydrogen) atoms. The average molecular weight is 352 g/mol. The fourth-order valence-electron chi connectivity index (χ4n) is 2.28. The molecule has 1 N–H and O–H groups in total. The number of amides is 1. The van der Waals surface area contributed by atoms with Crippen molar-refractivity contribution < 1.29 is 4.79 Å². The molecule has 0 saturated carbocycles. The Labute approximate surface area is 137 Å². The van der Waals surface area contributed by atoms with Gasteiger partial charge in [0.25, 0.3) is 0 Å². The molecule has 3 heteroatoms. The highest BCUT2D eigenvalue weighted by atomic mass is 79.9. The molecular weight excluding hydrogens is 338 g/mol. The second kappa shape index (κ2) is 6.58. The van der Waals surface area contributed by atoms with Crippen LogP contribution in [0.5, 0.6) is 0 Å². The van der Waals surface area contributed by atoms with Crippen molar-refractivity contribution in [1.82, 2.24) is 0 Å². The third kappa shape index (κ3) is 3.43. The maximum absolute atomic E-state index is 12.0. The van der Waals surface area contributed by atoms with E-state index >= 15 is 0 Å². The van der Waals surface area contributed by atoms with Gasteiger partial charge in [-0.15, -0.1) is 0 Å². The summed E-state index contributed by atoms with van der Waals surface area (Å²) in [4.78, 5) is 12.0. The standard InChI is InChI=1S/C19H14BrNO/c20-16-9-11-17(12-10-16)21-19(22)13-8-15-6-3-5-14-4-1-2-7-18(14)15/h1-13H,(H,21,22). The predicted octanol–water partition coefficient (Wildman–Crippen LogP) is 5.25. The molecule has 0 aliphatic rings. The lowest BCUT2D eigenvalue weighted by Crippen LogP contribution is -2.07. The number of hydrogen-bond acceptors (Lipinski definition) is 1. The summed E-state index contributed by atoms with van der Waals surface area (Å²) < 4.78 is 0.983. The summed E-state index contributed by atoms with van der Waals surface area (Å²) in [6, 6.07) is 21.7. The first-order valence-electron chi connectivity index (χ1n) is 6.95. The van der Waals surface area contributed by atoms with Crippen molar-refractivity contribution in [3.8, 4) is 0 Å². The Hall–Kier alpha value is -2.39. The molecule has 3 aromatic rings. The van der Waals surface area contributed by atoms with Gasteiger partial charge in [-0.3, -0.25) is 4.79 Å². The van der Waals surface area contributed by atoms with Crippen LogP contribution in [-0.4, -0.2) is 5.91 Å². The summed E-state index contributed by atoms with van der Waals surface area (Å²) in [6.07, 6.45) is 3.40. The van der Waals surface area contributed by atoms with Gasteiger partial charge in [0, 0.05) is 16.2 Å². The van der Waals surface area contributed by atoms with E-state index in [0.29, 0.717) is 0 Å². The minimum atomic E-state index is -0.143. The number of benzene rings is 3. The summed E-state index contributed by atoms with van der Waals surface area (Å²) in [6.45, 7) is 0. The van der Waals surface area contributed by atoms with E-state index in [0.717, 1.165) is 26.5 Å². The van der Waals surface area contributed by atoms with Crippen LogP contribution in [0.15, 0.2) is 77.3 Å². The molecule has 1 amide bonds. The van der Waals surface area contributed by atoms with Gasteiger partial charge in [0.2, 0.25) is 5.91 Å². The van der Waals surface area contributed by atoms with E-state index in [1.54, 1.807) is 6.08 Å². The number of carbonyl (C=O) groups excluding carboxylic acids is 1. The van der Waals surface area contributed by atoms with Crippen LogP contribution in [0.4, 0.5) is 5.69 Å². The normalized spacial score (nSPS) is 11.0. The lowest BCUT2D eigenvalue weighted by molar-refractivity contribution is -0.111. The van der Waals surface area contributed by atoms with Crippen LogP contribution in [0.1, 0.15) is 5.56 Å². The molecule has 0 aliphatic carbocycles. The van der Waals surface area contributed by atoms with Crippen molar-refractivity contribution in [3.63, 3.8) is 0 Å². The molecule has 3 aromatic carbocycles. The summed E-state index contributed by atoms with van der Waals surface area (Å²) in [7, 11) is 0. The Bertz CT molecular complexity index is 832. The van der Waals surface area contributed by atoms with Crippen molar-refractivity contribution in [2.45, 2.75) is 0 Å². The van der Waals surface area contributed by atoms with Crippen LogP contribution in [0.3, 0.4) is 0 Å². The second-order valence-corrected chi connectivity index (χ2v) is 5.81. The van der Waals surface area contributed by atoms with Gasteiger partial charge < -0.3 is 5.32 Å². The molecule has 0 heterocycles. The lowest BCUT2D eigenvalue weighted by Gasteiger charge is -2.03. The SMILES string of the molecule is O=C(C=Cc1cccc2ccccc12)Nc1ccc(Br)cc1. The van der Waals surface area contributed by atoms with Crippen molar-refractivity contribution in [2.24, 2.45) is 0 Å². The molecule has 0 radical (unpaired) electrons. The number of nitrogens with one attached hydrogen (secondary N) is 1. The summed E-state index contributed by atoms with van der Waals surface area (Å²) in [5, 5.41) is 5.14. The van der Waals surface area contributed by atoms with E-state index in [9.17, 15) is 4.79 Å². The van der Waals surface area contributed by atoms with Gasteiger partial charge in [-0.25, -0.2) is 0 Å². The van der Waals surface area contributed by atoms with Crippen molar-refractivity contribution in [1.29, 1.82) is 0 Å². The highest BCUT2D eigenvalue weighted by molar-refractivity contribution is 9.10. The smallest absolute Gasteiger partial charge is 0.248 e. The van der Waals surface area contributed by atoms with Crippen LogP contribution in [0, 0.1) is 0 Å². The van der Waals surface area contributed by atoms with E-state index in [1.807, 2.05) is 54.6 Å². The Morgan fingerprint density at radius 2 is 1.64 bits per heavy atom. The fraction of sp³-hybridized carbons (Fsp3) is 0. The van der Waals surface area contributed by atoms with Crippen LogP contribution < -0.4 is 5.32 Å². The Kier molecular flexibility index (Phi) is 4.35. The maximum Gasteiger partial charge on any atom is 0.248 e. The van der Waals surface area contributed by atoms with Crippen LogP contribution in [-0.2, 0) is 4.79 Å². The highest BCUT2D eigenvalue weighted by Gasteiger charge is 2.00. The number of hydrogen-bond donors (Lipinski definition) is 1. The first-order valence-corrected chi connectivity index (χ1v) is 7.74. The maximum atomic E-state index is 12.0. The molecule has 108 valence electrons. The van der Waals surface area contributed by atoms with Crippen LogP contribution in [0.2, 0.25) is 0 Å². The van der Waals surface area contributed by atoms with E-state index in [1.165, 1.54) is 0 Å². The van der Waals surface area contributed by atoms with Crippen molar-refractivity contribution >= 4 is 44.4 Å². The minimum Gasteiger partial charge on any atom is -0.323 e. The van der Waals surface area contributed by atoms with Crippen LogP contribution in [0.25, 0.3) is 16.8 Å². The number of rotatable bonds is 3. The van der Waals surface area contributed by atoms with E-state index in [4.69, 9.17) is 0 Å². The zero-order valence-corrected chi connectivity index (χ0v) is 13.4. The molecule has 0 fully saturated rings. The molecule has 0 atom stereocenters. The molecule has 0 saturated heterocycles. The van der Waals surface area contributed by atoms with Gasteiger partial charge >= 0.3 is 0 Å². The molecule has 3 rings (SSSR count). The molecule has 0 unspecified atom stereocenters. The molecule has 0 bridgehead atoms. The number of fused-ring (bicyclic) bond motifs is 1. The third-order valence-electron chi connectivity index (χ3n) is 3.35. The van der Waals surface area contributed by atoms with Gasteiger partial charge in [0.05, 0.1) is 0 Å². The van der Waals surface area contributed by atoms with E-state index < -0.39 is 0 Å². The third-order valence-corrected chi connectivity index (χ3v) is 3.88. The zero-order valence-electron chi connectivity index (χ0n) is 11.8. The second-order valence-electron chi connectivity index (χ2n) is 4.90. The van der Waals surface area contributed by atoms with E-state index in [-0.39, 0.29) is 5.91 Å². The Morgan fingerprint density at radius 3 is 2.45 bits per heavy atom. The van der Waals surface area contributed by atoms with E-state index in [2.05, 4.69) is 39.4 Å². The lowest BCUT2D eigenvalue weighted by atomic mass is 10.0. The summed E-state index contributed by atoms with van der Waals surface area (Å²) in [5.41, 5.74) is 1.81. The largest absolute Gasteiger partial charge is 0.323 e. The van der Waals surface area contributed by atoms with Gasteiger partial charge in [0.15, 0.2) is 0 Å². The minimum absolute atomic E-state index is 0.143. The fourth-order valence-corrected chi connectivity index (χ4v) is 2.54. The topological polar surface area (TPSA) is 29.1 Å². The summed E-state index contributed by atoms with van der Waals surface area (Å²) >= 11 is 3.37. The predicted molar refractivity (Wildman–Crippen MR) is 95.8 cm³/mol.